The van der Waals surface area contributed by atoms with Crippen molar-refractivity contribution in [3.8, 4) is 0 Å². The van der Waals surface area contributed by atoms with Gasteiger partial charge in [0.2, 0.25) is 0 Å². The molecule has 0 atom stereocenters. The number of amides is 1. The van der Waals surface area contributed by atoms with E-state index in [-0.39, 0.29) is 18.5 Å². The summed E-state index contributed by atoms with van der Waals surface area (Å²) in [5.41, 5.74) is 2.14. The van der Waals surface area contributed by atoms with Crippen LogP contribution in [0.3, 0.4) is 0 Å². The van der Waals surface area contributed by atoms with Gasteiger partial charge in [0.25, 0.3) is 0 Å². The van der Waals surface area contributed by atoms with E-state index in [1.807, 2.05) is 54.5 Å². The highest BCUT2D eigenvalue weighted by Crippen LogP contribution is 2.23. The lowest BCUT2D eigenvalue weighted by Gasteiger charge is -2.37. The predicted octanol–water partition coefficient (Wildman–Crippen LogP) is 3.94. The molecule has 1 fully saturated rings. The molecule has 0 unspecified atom stereocenters. The molecule has 0 aliphatic carbocycles. The smallest absolute Gasteiger partial charge is 0.410 e. The summed E-state index contributed by atoms with van der Waals surface area (Å²) in [6, 6.07) is 6.16. The van der Waals surface area contributed by atoms with Crippen LogP contribution in [-0.4, -0.2) is 54.3 Å². The van der Waals surface area contributed by atoms with E-state index in [0.29, 0.717) is 13.1 Å². The van der Waals surface area contributed by atoms with E-state index in [0.717, 1.165) is 29.9 Å². The summed E-state index contributed by atoms with van der Waals surface area (Å²) in [6.07, 6.45) is -0.00359. The highest BCUT2D eigenvalue weighted by atomic mass is 16.6. The fraction of sp³-hybridized carbons (Fsp3) is 0.636. The Kier molecular flexibility index (Phi) is 6.63. The average Bonchev–Trinajstić information content (AvgIpc) is 2.54. The van der Waals surface area contributed by atoms with Crippen molar-refractivity contribution in [2.75, 3.05) is 31.1 Å². The van der Waals surface area contributed by atoms with Crippen molar-refractivity contribution < 1.29 is 19.1 Å². The van der Waals surface area contributed by atoms with Gasteiger partial charge < -0.3 is 19.3 Å². The summed E-state index contributed by atoms with van der Waals surface area (Å²) in [5, 5.41) is 0. The Balaban J connectivity index is 2.00. The van der Waals surface area contributed by atoms with Gasteiger partial charge >= 0.3 is 12.1 Å². The van der Waals surface area contributed by atoms with Crippen molar-refractivity contribution in [2.24, 2.45) is 0 Å². The van der Waals surface area contributed by atoms with Gasteiger partial charge in [0.05, 0.1) is 6.42 Å². The van der Waals surface area contributed by atoms with Crippen LogP contribution in [0, 0.1) is 6.92 Å². The van der Waals surface area contributed by atoms with Crippen molar-refractivity contribution in [3.63, 3.8) is 0 Å². The maximum atomic E-state index is 12.2. The summed E-state index contributed by atoms with van der Waals surface area (Å²) in [7, 11) is 0. The Hall–Kier alpha value is -2.24. The van der Waals surface area contributed by atoms with Gasteiger partial charge in [0.15, 0.2) is 0 Å². The second-order valence-corrected chi connectivity index (χ2v) is 9.33. The quantitative estimate of drug-likeness (QED) is 0.732. The van der Waals surface area contributed by atoms with Crippen molar-refractivity contribution >= 4 is 17.7 Å². The third kappa shape index (κ3) is 6.73. The first-order chi connectivity index (χ1) is 12.8. The molecule has 0 spiro atoms. The van der Waals surface area contributed by atoms with Gasteiger partial charge in [-0.1, -0.05) is 6.07 Å². The number of piperazine rings is 1. The van der Waals surface area contributed by atoms with E-state index >= 15 is 0 Å². The molecular formula is C22H34N2O4. The first-order valence-electron chi connectivity index (χ1n) is 9.88. The Morgan fingerprint density at radius 2 is 1.50 bits per heavy atom. The van der Waals surface area contributed by atoms with Crippen LogP contribution in [0.4, 0.5) is 10.5 Å². The molecule has 1 aromatic rings. The number of ether oxygens (including phenoxy) is 2. The van der Waals surface area contributed by atoms with Crippen LogP contribution in [-0.2, 0) is 20.7 Å². The number of hydrogen-bond acceptors (Lipinski definition) is 5. The molecule has 1 aromatic carbocycles. The summed E-state index contributed by atoms with van der Waals surface area (Å²) in [6.45, 7) is 15.9. The Morgan fingerprint density at radius 1 is 0.929 bits per heavy atom. The standard InChI is InChI=1S/C22H34N2O4/c1-16-8-9-18(14-17(16)15-19(25)27-21(2,3)4)23-10-12-24(13-11-23)20(26)28-22(5,6)7/h8-9,14H,10-13,15H2,1-7H3. The minimum absolute atomic E-state index is 0.220. The van der Waals surface area contributed by atoms with Gasteiger partial charge in [-0.15, -0.1) is 0 Å². The van der Waals surface area contributed by atoms with Gasteiger partial charge in [0.1, 0.15) is 11.2 Å². The number of carbonyl (C=O) groups is 2. The fourth-order valence-corrected chi connectivity index (χ4v) is 3.05. The van der Waals surface area contributed by atoms with Crippen molar-refractivity contribution in [1.82, 2.24) is 4.90 Å². The minimum atomic E-state index is -0.486. The molecule has 156 valence electrons. The molecule has 28 heavy (non-hydrogen) atoms. The monoisotopic (exact) mass is 390 g/mol. The van der Waals surface area contributed by atoms with Crippen LogP contribution >= 0.6 is 0 Å². The molecule has 2 rings (SSSR count). The van der Waals surface area contributed by atoms with Crippen LogP contribution < -0.4 is 4.90 Å². The van der Waals surface area contributed by atoms with E-state index in [1.54, 1.807) is 4.90 Å². The number of hydrogen-bond donors (Lipinski definition) is 0. The van der Waals surface area contributed by atoms with Gasteiger partial charge in [-0.2, -0.15) is 0 Å². The molecule has 1 aliphatic heterocycles. The minimum Gasteiger partial charge on any atom is -0.460 e. The predicted molar refractivity (Wildman–Crippen MR) is 111 cm³/mol. The molecule has 0 aromatic heterocycles. The molecule has 1 heterocycles. The van der Waals surface area contributed by atoms with E-state index in [4.69, 9.17) is 9.47 Å². The van der Waals surface area contributed by atoms with Gasteiger partial charge in [-0.3, -0.25) is 4.79 Å². The van der Waals surface area contributed by atoms with E-state index in [9.17, 15) is 9.59 Å². The van der Waals surface area contributed by atoms with Gasteiger partial charge in [-0.25, -0.2) is 4.79 Å². The van der Waals surface area contributed by atoms with Crippen LogP contribution in [0.25, 0.3) is 0 Å². The lowest BCUT2D eigenvalue weighted by Crippen LogP contribution is -2.50. The summed E-state index contributed by atoms with van der Waals surface area (Å²) < 4.78 is 10.9. The zero-order valence-electron chi connectivity index (χ0n) is 18.3. The maximum absolute atomic E-state index is 12.2. The van der Waals surface area contributed by atoms with Crippen molar-refractivity contribution in [2.45, 2.75) is 66.1 Å². The average molecular weight is 391 g/mol. The topological polar surface area (TPSA) is 59.1 Å². The number of benzene rings is 1. The summed E-state index contributed by atoms with van der Waals surface area (Å²) in [5.74, 6) is -0.220. The SMILES string of the molecule is Cc1ccc(N2CCN(C(=O)OC(C)(C)C)CC2)cc1CC(=O)OC(C)(C)C. The zero-order valence-corrected chi connectivity index (χ0v) is 18.3. The molecule has 0 N–H and O–H groups in total. The summed E-state index contributed by atoms with van der Waals surface area (Å²) >= 11 is 0. The van der Waals surface area contributed by atoms with Crippen LogP contribution in [0.2, 0.25) is 0 Å². The van der Waals surface area contributed by atoms with Crippen LogP contribution in [0.5, 0.6) is 0 Å². The van der Waals surface area contributed by atoms with Crippen molar-refractivity contribution in [1.29, 1.82) is 0 Å². The molecule has 1 aliphatic rings. The lowest BCUT2D eigenvalue weighted by molar-refractivity contribution is -0.153. The van der Waals surface area contributed by atoms with Gasteiger partial charge in [-0.05, 0) is 71.7 Å². The number of carbonyl (C=O) groups excluding carboxylic acids is 2. The normalized spacial score (nSPS) is 15.4. The molecule has 6 heteroatoms. The maximum Gasteiger partial charge on any atom is 0.410 e. The molecule has 0 bridgehead atoms. The number of esters is 1. The number of aryl methyl sites for hydroxylation is 1. The second-order valence-electron chi connectivity index (χ2n) is 9.33. The number of anilines is 1. The zero-order chi connectivity index (χ0) is 21.1. The Bertz CT molecular complexity index is 708. The van der Waals surface area contributed by atoms with E-state index in [2.05, 4.69) is 17.0 Å². The van der Waals surface area contributed by atoms with E-state index < -0.39 is 11.2 Å². The lowest BCUT2D eigenvalue weighted by atomic mass is 10.0. The third-order valence-electron chi connectivity index (χ3n) is 4.38. The Morgan fingerprint density at radius 3 is 2.04 bits per heavy atom. The molecule has 6 nitrogen and oxygen atoms in total. The Labute approximate surface area is 168 Å². The highest BCUT2D eigenvalue weighted by molar-refractivity contribution is 5.74. The first-order valence-corrected chi connectivity index (χ1v) is 9.88. The van der Waals surface area contributed by atoms with Crippen molar-refractivity contribution in [3.05, 3.63) is 29.3 Å². The number of rotatable bonds is 3. The molecule has 0 radical (unpaired) electrons. The molecular weight excluding hydrogens is 356 g/mol. The van der Waals surface area contributed by atoms with Crippen LogP contribution in [0.1, 0.15) is 52.7 Å². The molecule has 1 saturated heterocycles. The number of nitrogens with zero attached hydrogens (tertiary/aromatic N) is 2. The third-order valence-corrected chi connectivity index (χ3v) is 4.38. The fourth-order valence-electron chi connectivity index (χ4n) is 3.05. The van der Waals surface area contributed by atoms with Crippen LogP contribution in [0.15, 0.2) is 18.2 Å². The largest absolute Gasteiger partial charge is 0.460 e. The molecule has 0 saturated carbocycles. The van der Waals surface area contributed by atoms with Gasteiger partial charge in [0, 0.05) is 31.9 Å². The highest BCUT2D eigenvalue weighted by Gasteiger charge is 2.26. The molecule has 1 amide bonds. The first kappa shape index (κ1) is 22.1. The van der Waals surface area contributed by atoms with E-state index in [1.165, 1.54) is 0 Å². The second kappa shape index (κ2) is 8.41. The summed E-state index contributed by atoms with van der Waals surface area (Å²) in [4.78, 5) is 28.4.